The molecule has 1 aromatic heterocycles. The standard InChI is InChI=1S/C8H16N4S/c1-3-9-5-4-6-10-8-12-11-7(2)13-8/h9H,3-6H2,1-2H3,(H,10,12). The van der Waals surface area contributed by atoms with Crippen LogP contribution >= 0.6 is 11.3 Å². The Hall–Kier alpha value is -0.680. The quantitative estimate of drug-likeness (QED) is 0.679. The molecule has 0 bridgehead atoms. The van der Waals surface area contributed by atoms with Gasteiger partial charge in [-0.05, 0) is 26.4 Å². The summed E-state index contributed by atoms with van der Waals surface area (Å²) >= 11 is 1.60. The fourth-order valence-electron chi connectivity index (χ4n) is 0.953. The first-order chi connectivity index (χ1) is 6.33. The highest BCUT2D eigenvalue weighted by atomic mass is 32.1. The normalized spacial score (nSPS) is 10.3. The van der Waals surface area contributed by atoms with Crippen LogP contribution in [0.4, 0.5) is 5.13 Å². The predicted molar refractivity (Wildman–Crippen MR) is 56.3 cm³/mol. The highest BCUT2D eigenvalue weighted by molar-refractivity contribution is 7.15. The van der Waals surface area contributed by atoms with Gasteiger partial charge in [0.1, 0.15) is 5.01 Å². The van der Waals surface area contributed by atoms with Crippen molar-refractivity contribution in [1.82, 2.24) is 15.5 Å². The van der Waals surface area contributed by atoms with Crippen LogP contribution in [0.2, 0.25) is 0 Å². The molecular formula is C8H16N4S. The van der Waals surface area contributed by atoms with Gasteiger partial charge in [0, 0.05) is 6.54 Å². The lowest BCUT2D eigenvalue weighted by molar-refractivity contribution is 0.688. The minimum Gasteiger partial charge on any atom is -0.360 e. The summed E-state index contributed by atoms with van der Waals surface area (Å²) in [5, 5.41) is 16.3. The van der Waals surface area contributed by atoms with E-state index < -0.39 is 0 Å². The van der Waals surface area contributed by atoms with Crippen molar-refractivity contribution in [2.24, 2.45) is 0 Å². The number of aryl methyl sites for hydroxylation is 1. The van der Waals surface area contributed by atoms with Gasteiger partial charge in [0.2, 0.25) is 5.13 Å². The fraction of sp³-hybridized carbons (Fsp3) is 0.750. The van der Waals surface area contributed by atoms with Gasteiger partial charge in [-0.15, -0.1) is 10.2 Å². The maximum Gasteiger partial charge on any atom is 0.205 e. The Kier molecular flexibility index (Phi) is 4.70. The smallest absolute Gasteiger partial charge is 0.205 e. The number of aromatic nitrogens is 2. The molecule has 0 amide bonds. The van der Waals surface area contributed by atoms with Crippen molar-refractivity contribution in [3.8, 4) is 0 Å². The lowest BCUT2D eigenvalue weighted by Crippen LogP contribution is -2.17. The van der Waals surface area contributed by atoms with Crippen LogP contribution in [0.3, 0.4) is 0 Å². The molecule has 5 heteroatoms. The molecule has 0 aliphatic heterocycles. The second-order valence-corrected chi connectivity index (χ2v) is 3.94. The second kappa shape index (κ2) is 5.88. The van der Waals surface area contributed by atoms with Crippen molar-refractivity contribution < 1.29 is 0 Å². The number of rotatable bonds is 6. The van der Waals surface area contributed by atoms with E-state index in [4.69, 9.17) is 0 Å². The van der Waals surface area contributed by atoms with Gasteiger partial charge in [0.05, 0.1) is 0 Å². The molecule has 2 N–H and O–H groups in total. The summed E-state index contributed by atoms with van der Waals surface area (Å²) in [6.07, 6.45) is 1.12. The van der Waals surface area contributed by atoms with Gasteiger partial charge in [-0.1, -0.05) is 18.3 Å². The van der Waals surface area contributed by atoms with Crippen LogP contribution < -0.4 is 10.6 Å². The highest BCUT2D eigenvalue weighted by Crippen LogP contribution is 2.12. The summed E-state index contributed by atoms with van der Waals surface area (Å²) in [7, 11) is 0. The summed E-state index contributed by atoms with van der Waals surface area (Å²) in [6, 6.07) is 0. The molecule has 0 aliphatic rings. The Labute approximate surface area is 82.8 Å². The monoisotopic (exact) mass is 200 g/mol. The lowest BCUT2D eigenvalue weighted by Gasteiger charge is -2.01. The van der Waals surface area contributed by atoms with Gasteiger partial charge in [-0.25, -0.2) is 0 Å². The minimum atomic E-state index is 0.925. The molecule has 0 radical (unpaired) electrons. The van der Waals surface area contributed by atoms with Crippen LogP contribution in [0.1, 0.15) is 18.4 Å². The summed E-state index contributed by atoms with van der Waals surface area (Å²) in [5.41, 5.74) is 0. The molecule has 1 heterocycles. The molecule has 0 unspecified atom stereocenters. The number of hydrogen-bond donors (Lipinski definition) is 2. The van der Waals surface area contributed by atoms with Crippen LogP contribution in [0.25, 0.3) is 0 Å². The Morgan fingerprint density at radius 1 is 1.31 bits per heavy atom. The summed E-state index contributed by atoms with van der Waals surface area (Å²) in [4.78, 5) is 0. The predicted octanol–water partition coefficient (Wildman–Crippen LogP) is 1.26. The Bertz CT molecular complexity index is 236. The molecule has 0 saturated heterocycles. The second-order valence-electron chi connectivity index (χ2n) is 2.76. The van der Waals surface area contributed by atoms with Crippen molar-refractivity contribution in [3.63, 3.8) is 0 Å². The average molecular weight is 200 g/mol. The Morgan fingerprint density at radius 3 is 2.77 bits per heavy atom. The molecule has 0 spiro atoms. The van der Waals surface area contributed by atoms with Crippen molar-refractivity contribution in [2.45, 2.75) is 20.3 Å². The molecule has 1 rings (SSSR count). The van der Waals surface area contributed by atoms with Crippen molar-refractivity contribution >= 4 is 16.5 Å². The fourth-order valence-corrected chi connectivity index (χ4v) is 1.57. The van der Waals surface area contributed by atoms with Crippen molar-refractivity contribution in [3.05, 3.63) is 5.01 Å². The zero-order valence-electron chi connectivity index (χ0n) is 8.13. The number of nitrogens with one attached hydrogen (secondary N) is 2. The Balaban J connectivity index is 2.06. The first-order valence-corrected chi connectivity index (χ1v) is 5.39. The van der Waals surface area contributed by atoms with Gasteiger partial charge >= 0.3 is 0 Å². The van der Waals surface area contributed by atoms with Crippen LogP contribution in [-0.2, 0) is 0 Å². The van der Waals surface area contributed by atoms with Gasteiger partial charge in [0.15, 0.2) is 0 Å². The van der Waals surface area contributed by atoms with Crippen LogP contribution in [0.5, 0.6) is 0 Å². The van der Waals surface area contributed by atoms with E-state index in [-0.39, 0.29) is 0 Å². The summed E-state index contributed by atoms with van der Waals surface area (Å²) in [6.45, 7) is 7.13. The maximum absolute atomic E-state index is 3.97. The van der Waals surface area contributed by atoms with E-state index in [2.05, 4.69) is 27.8 Å². The van der Waals surface area contributed by atoms with Crippen molar-refractivity contribution in [1.29, 1.82) is 0 Å². The third-order valence-corrected chi connectivity index (χ3v) is 2.38. The van der Waals surface area contributed by atoms with Crippen LogP contribution in [0.15, 0.2) is 0 Å². The lowest BCUT2D eigenvalue weighted by atomic mass is 10.4. The highest BCUT2D eigenvalue weighted by Gasteiger charge is 1.97. The third-order valence-electron chi connectivity index (χ3n) is 1.58. The number of anilines is 1. The number of nitrogens with zero attached hydrogens (tertiary/aromatic N) is 2. The SMILES string of the molecule is CCNCCCNc1nnc(C)s1. The minimum absolute atomic E-state index is 0.925. The molecule has 74 valence electrons. The summed E-state index contributed by atoms with van der Waals surface area (Å²) < 4.78 is 0. The van der Waals surface area contributed by atoms with E-state index in [1.807, 2.05) is 6.92 Å². The van der Waals surface area contributed by atoms with E-state index in [9.17, 15) is 0 Å². The van der Waals surface area contributed by atoms with Gasteiger partial charge in [-0.2, -0.15) is 0 Å². The molecule has 0 atom stereocenters. The van der Waals surface area contributed by atoms with E-state index in [0.29, 0.717) is 0 Å². The number of hydrogen-bond acceptors (Lipinski definition) is 5. The van der Waals surface area contributed by atoms with Crippen LogP contribution in [0, 0.1) is 6.92 Å². The third kappa shape index (κ3) is 4.19. The van der Waals surface area contributed by atoms with E-state index in [1.165, 1.54) is 0 Å². The van der Waals surface area contributed by atoms with E-state index in [0.717, 1.165) is 36.2 Å². The molecule has 0 saturated carbocycles. The van der Waals surface area contributed by atoms with E-state index >= 15 is 0 Å². The largest absolute Gasteiger partial charge is 0.360 e. The zero-order chi connectivity index (χ0) is 9.52. The Morgan fingerprint density at radius 2 is 2.15 bits per heavy atom. The van der Waals surface area contributed by atoms with Gasteiger partial charge < -0.3 is 10.6 Å². The molecule has 13 heavy (non-hydrogen) atoms. The van der Waals surface area contributed by atoms with Gasteiger partial charge in [-0.3, -0.25) is 0 Å². The summed E-state index contributed by atoms with van der Waals surface area (Å²) in [5.74, 6) is 0. The van der Waals surface area contributed by atoms with Gasteiger partial charge in [0.25, 0.3) is 0 Å². The molecule has 0 aliphatic carbocycles. The molecular weight excluding hydrogens is 184 g/mol. The molecule has 1 aromatic rings. The topological polar surface area (TPSA) is 49.8 Å². The molecule has 0 fully saturated rings. The van der Waals surface area contributed by atoms with Crippen LogP contribution in [-0.4, -0.2) is 29.8 Å². The maximum atomic E-state index is 3.97. The average Bonchev–Trinajstić information content (AvgIpc) is 2.51. The first-order valence-electron chi connectivity index (χ1n) is 4.57. The van der Waals surface area contributed by atoms with E-state index in [1.54, 1.807) is 11.3 Å². The first kappa shape index (κ1) is 10.4. The molecule has 0 aromatic carbocycles. The molecule has 4 nitrogen and oxygen atoms in total. The van der Waals surface area contributed by atoms with Crippen molar-refractivity contribution in [2.75, 3.05) is 25.0 Å². The zero-order valence-corrected chi connectivity index (χ0v) is 8.95.